The second-order valence-corrected chi connectivity index (χ2v) is 4.03. The van der Waals surface area contributed by atoms with Gasteiger partial charge in [0.05, 0.1) is 18.2 Å². The summed E-state index contributed by atoms with van der Waals surface area (Å²) >= 11 is 0. The highest BCUT2D eigenvalue weighted by molar-refractivity contribution is 5.61. The summed E-state index contributed by atoms with van der Waals surface area (Å²) in [4.78, 5) is 11.0. The van der Waals surface area contributed by atoms with Gasteiger partial charge in [-0.15, -0.1) is 0 Å². The van der Waals surface area contributed by atoms with E-state index in [0.29, 0.717) is 17.7 Å². The van der Waals surface area contributed by atoms with E-state index in [1.165, 1.54) is 0 Å². The maximum Gasteiger partial charge on any atom is 0.234 e. The molecule has 0 bridgehead atoms. The molecule has 0 aliphatic rings. The molecule has 0 aromatic heterocycles. The van der Waals surface area contributed by atoms with Gasteiger partial charge in [0.1, 0.15) is 6.10 Å². The van der Waals surface area contributed by atoms with Crippen LogP contribution in [0.15, 0.2) is 54.6 Å². The maximum atomic E-state index is 11.0. The van der Waals surface area contributed by atoms with E-state index < -0.39 is 6.10 Å². The normalized spacial score (nSPS) is 11.5. The van der Waals surface area contributed by atoms with E-state index in [1.807, 2.05) is 42.7 Å². The first-order valence-electron chi connectivity index (χ1n) is 5.87. The molecule has 3 heteroatoms. The number of ether oxygens (including phenoxy) is 1. The molecule has 0 aliphatic carbocycles. The van der Waals surface area contributed by atoms with Crippen LogP contribution in [0, 0.1) is 11.3 Å². The highest BCUT2D eigenvalue weighted by Gasteiger charge is 2.12. The minimum absolute atomic E-state index is 0.331. The van der Waals surface area contributed by atoms with Crippen molar-refractivity contribution in [1.82, 2.24) is 0 Å². The molecule has 0 saturated carbocycles. The van der Waals surface area contributed by atoms with Crippen LogP contribution in [0.5, 0.6) is 0 Å². The third kappa shape index (κ3) is 3.51. The second kappa shape index (κ2) is 6.48. The predicted octanol–water partition coefficient (Wildman–Crippen LogP) is 2.93. The standard InChI is InChI=1S/C16H12NO2/c17-10-14-7-4-8-15(9-14)16(11-18)19-12-13-5-2-1-3-6-13/h1-9,16H,12H2. The quantitative estimate of drug-likeness (QED) is 0.819. The molecule has 93 valence electrons. The van der Waals surface area contributed by atoms with Crippen LogP contribution >= 0.6 is 0 Å². The van der Waals surface area contributed by atoms with Crippen molar-refractivity contribution in [2.45, 2.75) is 12.7 Å². The van der Waals surface area contributed by atoms with Crippen LogP contribution in [0.1, 0.15) is 22.8 Å². The lowest BCUT2D eigenvalue weighted by Crippen LogP contribution is -2.06. The fraction of sp³-hybridized carbons (Fsp3) is 0.125. The van der Waals surface area contributed by atoms with Crippen molar-refractivity contribution in [3.05, 3.63) is 71.3 Å². The Labute approximate surface area is 112 Å². The van der Waals surface area contributed by atoms with Gasteiger partial charge in [0.15, 0.2) is 0 Å². The topological polar surface area (TPSA) is 50.1 Å². The average Bonchev–Trinajstić information content (AvgIpc) is 2.49. The van der Waals surface area contributed by atoms with Gasteiger partial charge in [-0.3, -0.25) is 4.79 Å². The van der Waals surface area contributed by atoms with Gasteiger partial charge >= 0.3 is 0 Å². The van der Waals surface area contributed by atoms with Gasteiger partial charge in [-0.25, -0.2) is 0 Å². The molecular weight excluding hydrogens is 238 g/mol. The summed E-state index contributed by atoms with van der Waals surface area (Å²) in [5, 5.41) is 8.84. The van der Waals surface area contributed by atoms with Gasteiger partial charge in [0.2, 0.25) is 6.29 Å². The SMILES string of the molecule is N#Cc1cccc(C([C]=O)OCc2ccccc2)c1. The van der Waals surface area contributed by atoms with Crippen LogP contribution in [-0.2, 0) is 16.1 Å². The fourth-order valence-corrected chi connectivity index (χ4v) is 1.72. The highest BCUT2D eigenvalue weighted by atomic mass is 16.5. The molecule has 0 heterocycles. The van der Waals surface area contributed by atoms with Crippen molar-refractivity contribution in [3.63, 3.8) is 0 Å². The first-order valence-corrected chi connectivity index (χ1v) is 5.87. The molecule has 0 spiro atoms. The van der Waals surface area contributed by atoms with Gasteiger partial charge in [0.25, 0.3) is 0 Å². The van der Waals surface area contributed by atoms with E-state index in [9.17, 15) is 4.79 Å². The van der Waals surface area contributed by atoms with E-state index in [1.54, 1.807) is 24.3 Å². The van der Waals surface area contributed by atoms with Crippen LogP contribution in [0.3, 0.4) is 0 Å². The van der Waals surface area contributed by atoms with Gasteiger partial charge in [-0.05, 0) is 23.3 Å². The second-order valence-electron chi connectivity index (χ2n) is 4.03. The van der Waals surface area contributed by atoms with Crippen LogP contribution in [0.25, 0.3) is 0 Å². The molecule has 1 radical (unpaired) electrons. The Balaban J connectivity index is 2.08. The number of rotatable bonds is 5. The zero-order valence-corrected chi connectivity index (χ0v) is 10.2. The Hall–Kier alpha value is -2.44. The number of hydrogen-bond acceptors (Lipinski definition) is 3. The molecule has 0 amide bonds. The molecule has 2 rings (SSSR count). The van der Waals surface area contributed by atoms with Gasteiger partial charge in [-0.2, -0.15) is 5.26 Å². The first kappa shape index (κ1) is 13.0. The summed E-state index contributed by atoms with van der Waals surface area (Å²) in [6.07, 6.45) is 1.09. The zero-order chi connectivity index (χ0) is 13.5. The largest absolute Gasteiger partial charge is 0.360 e. The van der Waals surface area contributed by atoms with E-state index >= 15 is 0 Å². The molecule has 2 aromatic carbocycles. The van der Waals surface area contributed by atoms with Crippen LogP contribution < -0.4 is 0 Å². The molecule has 3 nitrogen and oxygen atoms in total. The van der Waals surface area contributed by atoms with Gasteiger partial charge < -0.3 is 4.74 Å². The lowest BCUT2D eigenvalue weighted by molar-refractivity contribution is 0.0824. The average molecular weight is 250 g/mol. The number of carbonyl (C=O) groups excluding carboxylic acids is 1. The predicted molar refractivity (Wildman–Crippen MR) is 70.8 cm³/mol. The smallest absolute Gasteiger partial charge is 0.234 e. The lowest BCUT2D eigenvalue weighted by Gasteiger charge is -2.11. The fourth-order valence-electron chi connectivity index (χ4n) is 1.72. The monoisotopic (exact) mass is 250 g/mol. The molecular formula is C16H12NO2. The van der Waals surface area contributed by atoms with Crippen molar-refractivity contribution in [2.24, 2.45) is 0 Å². The molecule has 0 saturated heterocycles. The van der Waals surface area contributed by atoms with E-state index in [-0.39, 0.29) is 0 Å². The number of hydrogen-bond donors (Lipinski definition) is 0. The molecule has 1 unspecified atom stereocenters. The van der Waals surface area contributed by atoms with E-state index in [4.69, 9.17) is 10.00 Å². The lowest BCUT2D eigenvalue weighted by atomic mass is 10.1. The van der Waals surface area contributed by atoms with Crippen LogP contribution in [0.2, 0.25) is 0 Å². The third-order valence-electron chi connectivity index (χ3n) is 2.69. The minimum atomic E-state index is -0.770. The van der Waals surface area contributed by atoms with E-state index in [2.05, 4.69) is 0 Å². The summed E-state index contributed by atoms with van der Waals surface area (Å²) in [5.74, 6) is 0. The maximum absolute atomic E-state index is 11.0. The van der Waals surface area contributed by atoms with Crippen molar-refractivity contribution in [1.29, 1.82) is 5.26 Å². The molecule has 1 atom stereocenters. The zero-order valence-electron chi connectivity index (χ0n) is 10.2. The Kier molecular flexibility index (Phi) is 4.44. The molecule has 2 aromatic rings. The van der Waals surface area contributed by atoms with Crippen molar-refractivity contribution in [2.75, 3.05) is 0 Å². The van der Waals surface area contributed by atoms with Gasteiger partial charge in [0, 0.05) is 0 Å². The van der Waals surface area contributed by atoms with Gasteiger partial charge in [-0.1, -0.05) is 42.5 Å². The first-order chi connectivity index (χ1) is 9.33. The molecule has 19 heavy (non-hydrogen) atoms. The number of nitrogens with zero attached hydrogens (tertiary/aromatic N) is 1. The summed E-state index contributed by atoms with van der Waals surface area (Å²) in [5.41, 5.74) is 2.13. The number of benzene rings is 2. The molecule has 0 aliphatic heterocycles. The van der Waals surface area contributed by atoms with Crippen molar-refractivity contribution >= 4 is 6.29 Å². The van der Waals surface area contributed by atoms with Crippen molar-refractivity contribution < 1.29 is 9.53 Å². The Morgan fingerprint density at radius 3 is 2.58 bits per heavy atom. The number of nitriles is 1. The summed E-state index contributed by atoms with van der Waals surface area (Å²) in [6.45, 7) is 0.331. The highest BCUT2D eigenvalue weighted by Crippen LogP contribution is 2.18. The summed E-state index contributed by atoms with van der Waals surface area (Å²) in [7, 11) is 0. The summed E-state index contributed by atoms with van der Waals surface area (Å²) in [6, 6.07) is 18.4. The third-order valence-corrected chi connectivity index (χ3v) is 2.69. The minimum Gasteiger partial charge on any atom is -0.360 e. The van der Waals surface area contributed by atoms with Crippen LogP contribution in [-0.4, -0.2) is 6.29 Å². The Morgan fingerprint density at radius 2 is 1.89 bits per heavy atom. The van der Waals surface area contributed by atoms with Crippen LogP contribution in [0.4, 0.5) is 0 Å². The Bertz CT molecular complexity index is 587. The summed E-state index contributed by atoms with van der Waals surface area (Å²) < 4.78 is 5.53. The van der Waals surface area contributed by atoms with E-state index in [0.717, 1.165) is 5.56 Å². The Morgan fingerprint density at radius 1 is 1.11 bits per heavy atom. The molecule has 0 N–H and O–H groups in total. The molecule has 0 fully saturated rings. The van der Waals surface area contributed by atoms with Crippen molar-refractivity contribution in [3.8, 4) is 6.07 Å².